The van der Waals surface area contributed by atoms with E-state index < -0.39 is 0 Å². The van der Waals surface area contributed by atoms with Crippen molar-refractivity contribution in [2.45, 2.75) is 33.2 Å². The Kier molecular flexibility index (Phi) is 4.56. The van der Waals surface area contributed by atoms with Crippen LogP contribution in [0.1, 0.15) is 27.2 Å². The summed E-state index contributed by atoms with van der Waals surface area (Å²) in [6.07, 6.45) is 0.278. The van der Waals surface area contributed by atoms with Crippen LogP contribution in [-0.4, -0.2) is 24.4 Å². The van der Waals surface area contributed by atoms with E-state index in [0.717, 1.165) is 16.5 Å². The molecule has 24 heavy (non-hydrogen) atoms. The lowest BCUT2D eigenvalue weighted by atomic mass is 10.0. The van der Waals surface area contributed by atoms with Crippen molar-refractivity contribution in [1.29, 1.82) is 0 Å². The summed E-state index contributed by atoms with van der Waals surface area (Å²) in [7, 11) is 0. The molecule has 2 atom stereocenters. The molecule has 0 radical (unpaired) electrons. The van der Waals surface area contributed by atoms with Gasteiger partial charge in [0.15, 0.2) is 0 Å². The predicted octanol–water partition coefficient (Wildman–Crippen LogP) is 3.35. The first-order chi connectivity index (χ1) is 11.5. The van der Waals surface area contributed by atoms with Gasteiger partial charge in [0.1, 0.15) is 0 Å². The van der Waals surface area contributed by atoms with Crippen molar-refractivity contribution in [2.75, 3.05) is 11.4 Å². The van der Waals surface area contributed by atoms with Crippen LogP contribution in [0.4, 0.5) is 5.69 Å². The van der Waals surface area contributed by atoms with E-state index in [4.69, 9.17) is 0 Å². The van der Waals surface area contributed by atoms with Gasteiger partial charge in [0.05, 0.1) is 11.6 Å². The SMILES string of the molecule is CC(C)[C@@H](C)NC(=O)[C@@H]1CC(=O)N(c2cccc3ccccc23)C1. The van der Waals surface area contributed by atoms with Crippen molar-refractivity contribution < 1.29 is 9.59 Å². The highest BCUT2D eigenvalue weighted by Crippen LogP contribution is 2.31. The van der Waals surface area contributed by atoms with Gasteiger partial charge in [0.25, 0.3) is 0 Å². The Morgan fingerprint density at radius 2 is 1.83 bits per heavy atom. The molecule has 2 aromatic carbocycles. The molecule has 0 aromatic heterocycles. The fraction of sp³-hybridized carbons (Fsp3) is 0.400. The van der Waals surface area contributed by atoms with Crippen molar-refractivity contribution in [3.63, 3.8) is 0 Å². The number of hydrogen-bond donors (Lipinski definition) is 1. The first-order valence-electron chi connectivity index (χ1n) is 8.56. The van der Waals surface area contributed by atoms with E-state index in [1.165, 1.54) is 0 Å². The van der Waals surface area contributed by atoms with Gasteiger partial charge in [-0.3, -0.25) is 9.59 Å². The Balaban J connectivity index is 1.81. The van der Waals surface area contributed by atoms with Crippen molar-refractivity contribution in [3.8, 4) is 0 Å². The van der Waals surface area contributed by atoms with Crippen LogP contribution in [0.3, 0.4) is 0 Å². The van der Waals surface area contributed by atoms with Gasteiger partial charge in [-0.25, -0.2) is 0 Å². The van der Waals surface area contributed by atoms with Gasteiger partial charge in [-0.2, -0.15) is 0 Å². The Hall–Kier alpha value is -2.36. The first kappa shape index (κ1) is 16.5. The molecule has 1 fully saturated rings. The molecule has 1 heterocycles. The van der Waals surface area contributed by atoms with Crippen LogP contribution in [0.5, 0.6) is 0 Å². The highest BCUT2D eigenvalue weighted by molar-refractivity contribution is 6.06. The molecule has 1 aliphatic rings. The molecule has 2 amide bonds. The molecule has 1 saturated heterocycles. The topological polar surface area (TPSA) is 49.4 Å². The zero-order valence-corrected chi connectivity index (χ0v) is 14.5. The number of nitrogens with one attached hydrogen (secondary N) is 1. The van der Waals surface area contributed by atoms with Gasteiger partial charge in [0.2, 0.25) is 11.8 Å². The molecule has 0 saturated carbocycles. The highest BCUT2D eigenvalue weighted by Gasteiger charge is 2.36. The zero-order valence-electron chi connectivity index (χ0n) is 14.5. The maximum atomic E-state index is 12.5. The number of carbonyl (C=O) groups is 2. The zero-order chi connectivity index (χ0) is 17.3. The van der Waals surface area contributed by atoms with Crippen molar-refractivity contribution in [1.82, 2.24) is 5.32 Å². The molecule has 0 spiro atoms. The molecule has 3 rings (SSSR count). The maximum Gasteiger partial charge on any atom is 0.227 e. The fourth-order valence-corrected chi connectivity index (χ4v) is 3.07. The summed E-state index contributed by atoms with van der Waals surface area (Å²) in [6.45, 7) is 6.60. The number of carbonyl (C=O) groups excluding carboxylic acids is 2. The standard InChI is InChI=1S/C20H24N2O2/c1-13(2)14(3)21-20(24)16-11-19(23)22(12-16)18-10-6-8-15-7-4-5-9-17(15)18/h4-10,13-14,16H,11-12H2,1-3H3,(H,21,24)/t14-,16-/m1/s1. The monoisotopic (exact) mass is 324 g/mol. The molecule has 1 aliphatic heterocycles. The van der Waals surface area contributed by atoms with E-state index in [-0.39, 0.29) is 30.2 Å². The molecule has 4 heteroatoms. The van der Waals surface area contributed by atoms with Gasteiger partial charge in [-0.1, -0.05) is 50.2 Å². The Morgan fingerprint density at radius 3 is 2.58 bits per heavy atom. The van der Waals surface area contributed by atoms with Crippen LogP contribution in [0.25, 0.3) is 10.8 Å². The van der Waals surface area contributed by atoms with Crippen molar-refractivity contribution in [3.05, 3.63) is 42.5 Å². The van der Waals surface area contributed by atoms with Crippen molar-refractivity contribution in [2.24, 2.45) is 11.8 Å². The predicted molar refractivity (Wildman–Crippen MR) is 96.9 cm³/mol. The van der Waals surface area contributed by atoms with E-state index >= 15 is 0 Å². The third kappa shape index (κ3) is 3.14. The van der Waals surface area contributed by atoms with Gasteiger partial charge in [-0.05, 0) is 24.3 Å². The molecule has 0 bridgehead atoms. The number of anilines is 1. The first-order valence-corrected chi connectivity index (χ1v) is 8.56. The number of nitrogens with zero attached hydrogens (tertiary/aromatic N) is 1. The summed E-state index contributed by atoms with van der Waals surface area (Å²) in [5.74, 6) is 0.0916. The van der Waals surface area contributed by atoms with Gasteiger partial charge in [-0.15, -0.1) is 0 Å². The summed E-state index contributed by atoms with van der Waals surface area (Å²) >= 11 is 0. The van der Waals surface area contributed by atoms with Crippen LogP contribution < -0.4 is 10.2 Å². The third-order valence-electron chi connectivity index (χ3n) is 4.92. The van der Waals surface area contributed by atoms with E-state index in [2.05, 4.69) is 19.2 Å². The maximum absolute atomic E-state index is 12.5. The van der Waals surface area contributed by atoms with Crippen LogP contribution in [0.2, 0.25) is 0 Å². The summed E-state index contributed by atoms with van der Waals surface area (Å²) in [5, 5.41) is 5.18. The van der Waals surface area contributed by atoms with Crippen LogP contribution in [-0.2, 0) is 9.59 Å². The smallest absolute Gasteiger partial charge is 0.227 e. The summed E-state index contributed by atoms with van der Waals surface area (Å²) in [6, 6.07) is 14.1. The number of amides is 2. The summed E-state index contributed by atoms with van der Waals surface area (Å²) < 4.78 is 0. The lowest BCUT2D eigenvalue weighted by Gasteiger charge is -2.21. The molecular formula is C20H24N2O2. The Bertz CT molecular complexity index is 764. The molecule has 126 valence electrons. The van der Waals surface area contributed by atoms with Gasteiger partial charge < -0.3 is 10.2 Å². The number of hydrogen-bond acceptors (Lipinski definition) is 2. The van der Waals surface area contributed by atoms with Crippen molar-refractivity contribution >= 4 is 28.3 Å². The van der Waals surface area contributed by atoms with Gasteiger partial charge in [0, 0.05) is 24.4 Å². The normalized spacial score (nSPS) is 19.1. The molecule has 4 nitrogen and oxygen atoms in total. The lowest BCUT2D eigenvalue weighted by molar-refractivity contribution is -0.127. The molecule has 0 aliphatic carbocycles. The van der Waals surface area contributed by atoms with Gasteiger partial charge >= 0.3 is 0 Å². The summed E-state index contributed by atoms with van der Waals surface area (Å²) in [4.78, 5) is 26.7. The average Bonchev–Trinajstić information content (AvgIpc) is 2.96. The quantitative estimate of drug-likeness (QED) is 0.937. The molecule has 1 N–H and O–H groups in total. The second kappa shape index (κ2) is 6.63. The van der Waals surface area contributed by atoms with E-state index in [1.54, 1.807) is 4.90 Å². The number of rotatable bonds is 4. The molecule has 2 aromatic rings. The lowest BCUT2D eigenvalue weighted by Crippen LogP contribution is -2.40. The highest BCUT2D eigenvalue weighted by atomic mass is 16.2. The van der Waals surface area contributed by atoms with E-state index in [0.29, 0.717) is 12.5 Å². The number of fused-ring (bicyclic) bond motifs is 1. The second-order valence-electron chi connectivity index (χ2n) is 6.94. The fourth-order valence-electron chi connectivity index (χ4n) is 3.07. The van der Waals surface area contributed by atoms with Crippen LogP contribution in [0.15, 0.2) is 42.5 Å². The average molecular weight is 324 g/mol. The minimum absolute atomic E-state index is 0.0173. The second-order valence-corrected chi connectivity index (χ2v) is 6.94. The third-order valence-corrected chi connectivity index (χ3v) is 4.92. The van der Waals surface area contributed by atoms with E-state index in [1.807, 2.05) is 49.4 Å². The van der Waals surface area contributed by atoms with Crippen LogP contribution in [0, 0.1) is 11.8 Å². The molecular weight excluding hydrogens is 300 g/mol. The van der Waals surface area contributed by atoms with E-state index in [9.17, 15) is 9.59 Å². The Morgan fingerprint density at radius 1 is 1.12 bits per heavy atom. The summed E-state index contributed by atoms with van der Waals surface area (Å²) in [5.41, 5.74) is 0.894. The largest absolute Gasteiger partial charge is 0.353 e. The number of benzene rings is 2. The molecule has 0 unspecified atom stereocenters. The minimum Gasteiger partial charge on any atom is -0.353 e. The minimum atomic E-state index is -0.280. The Labute approximate surface area is 142 Å². The van der Waals surface area contributed by atoms with Crippen LogP contribution >= 0.6 is 0 Å².